The molecule has 6 nitrogen and oxygen atoms in total. The number of hydrogen-bond donors (Lipinski definition) is 1. The van der Waals surface area contributed by atoms with Crippen molar-refractivity contribution in [2.75, 3.05) is 25.1 Å². The Morgan fingerprint density at radius 1 is 1.38 bits per heavy atom. The molecule has 132 valence electrons. The molecule has 0 spiro atoms. The third-order valence-corrected chi connectivity index (χ3v) is 5.35. The highest BCUT2D eigenvalue weighted by Crippen LogP contribution is 2.30. The van der Waals surface area contributed by atoms with E-state index in [-0.39, 0.29) is 17.9 Å². The van der Waals surface area contributed by atoms with Crippen LogP contribution in [-0.4, -0.2) is 42.1 Å². The molecule has 1 saturated carbocycles. The molecule has 0 radical (unpaired) electrons. The van der Waals surface area contributed by atoms with Crippen molar-refractivity contribution in [1.82, 2.24) is 15.3 Å². The molecule has 0 aromatic carbocycles. The van der Waals surface area contributed by atoms with Crippen molar-refractivity contribution >= 4 is 11.7 Å². The minimum Gasteiger partial charge on any atom is -0.378 e. The minimum atomic E-state index is 0.193. The van der Waals surface area contributed by atoms with E-state index in [1.54, 1.807) is 13.4 Å². The van der Waals surface area contributed by atoms with Crippen LogP contribution in [0.15, 0.2) is 12.4 Å². The summed E-state index contributed by atoms with van der Waals surface area (Å²) in [6, 6.07) is 2.18. The predicted molar refractivity (Wildman–Crippen MR) is 92.6 cm³/mol. The second-order valence-electron chi connectivity index (χ2n) is 7.36. The lowest BCUT2D eigenvalue weighted by atomic mass is 9.84. The number of hydrogen-bond acceptors (Lipinski definition) is 5. The first kappa shape index (κ1) is 17.1. The maximum absolute atomic E-state index is 12.4. The molecule has 6 heteroatoms. The molecule has 1 aliphatic carbocycles. The molecule has 1 aliphatic heterocycles. The van der Waals surface area contributed by atoms with Gasteiger partial charge in [-0.1, -0.05) is 20.3 Å². The zero-order valence-corrected chi connectivity index (χ0v) is 14.9. The van der Waals surface area contributed by atoms with Gasteiger partial charge in [0.2, 0.25) is 5.91 Å². The van der Waals surface area contributed by atoms with Crippen LogP contribution in [0.25, 0.3) is 0 Å². The molecule has 1 aromatic heterocycles. The summed E-state index contributed by atoms with van der Waals surface area (Å²) in [5.41, 5.74) is 0.880. The number of amides is 1. The molecule has 3 rings (SSSR count). The van der Waals surface area contributed by atoms with Crippen LogP contribution in [0.4, 0.5) is 5.82 Å². The van der Waals surface area contributed by atoms with Gasteiger partial charge in [-0.15, -0.1) is 0 Å². The fourth-order valence-corrected chi connectivity index (χ4v) is 3.60. The van der Waals surface area contributed by atoms with E-state index in [1.165, 1.54) is 6.42 Å². The zero-order chi connectivity index (χ0) is 17.1. The van der Waals surface area contributed by atoms with Gasteiger partial charge in [0, 0.05) is 38.1 Å². The van der Waals surface area contributed by atoms with Crippen LogP contribution in [0.5, 0.6) is 0 Å². The van der Waals surface area contributed by atoms with Gasteiger partial charge >= 0.3 is 0 Å². The summed E-state index contributed by atoms with van der Waals surface area (Å²) in [6.45, 7) is 6.67. The topological polar surface area (TPSA) is 67.3 Å². The van der Waals surface area contributed by atoms with E-state index in [2.05, 4.69) is 34.0 Å². The maximum atomic E-state index is 12.4. The Morgan fingerprint density at radius 2 is 2.17 bits per heavy atom. The Kier molecular flexibility index (Phi) is 5.33. The van der Waals surface area contributed by atoms with Gasteiger partial charge in [-0.3, -0.25) is 4.79 Å². The Morgan fingerprint density at radius 3 is 2.79 bits per heavy atom. The standard InChI is InChI=1S/C18H28N4O2/c1-12(2)15-8-22(17-7-14(10-24-3)19-11-20-17)9-16(15)21-18(23)13-5-4-6-13/h7,11-13,15-16H,4-6,8-10H2,1-3H3,(H,21,23)/t15-,16+/m1/s1. The third kappa shape index (κ3) is 3.69. The smallest absolute Gasteiger partial charge is 0.223 e. The number of anilines is 1. The number of nitrogens with one attached hydrogen (secondary N) is 1. The summed E-state index contributed by atoms with van der Waals surface area (Å²) in [5, 5.41) is 3.30. The van der Waals surface area contributed by atoms with E-state index in [4.69, 9.17) is 4.74 Å². The molecule has 0 bridgehead atoms. The fraction of sp³-hybridized carbons (Fsp3) is 0.722. The number of nitrogens with zero attached hydrogens (tertiary/aromatic N) is 3. The van der Waals surface area contributed by atoms with Gasteiger partial charge in [0.05, 0.1) is 18.3 Å². The van der Waals surface area contributed by atoms with E-state index >= 15 is 0 Å². The first-order valence-electron chi connectivity index (χ1n) is 8.93. The number of methoxy groups -OCH3 is 1. The predicted octanol–water partition coefficient (Wildman–Crippen LogP) is 2.00. The summed E-state index contributed by atoms with van der Waals surface area (Å²) in [4.78, 5) is 23.3. The number of carbonyl (C=O) groups is 1. The second-order valence-corrected chi connectivity index (χ2v) is 7.36. The Hall–Kier alpha value is -1.69. The average Bonchev–Trinajstić information content (AvgIpc) is 2.90. The molecule has 2 fully saturated rings. The second kappa shape index (κ2) is 7.47. The lowest BCUT2D eigenvalue weighted by Crippen LogP contribution is -2.46. The van der Waals surface area contributed by atoms with Gasteiger partial charge in [-0.2, -0.15) is 0 Å². The van der Waals surface area contributed by atoms with Crippen LogP contribution in [0.2, 0.25) is 0 Å². The van der Waals surface area contributed by atoms with Gasteiger partial charge in [-0.25, -0.2) is 9.97 Å². The molecule has 1 amide bonds. The monoisotopic (exact) mass is 332 g/mol. The van der Waals surface area contributed by atoms with Crippen LogP contribution < -0.4 is 10.2 Å². The first-order chi connectivity index (χ1) is 11.6. The van der Waals surface area contributed by atoms with Crippen LogP contribution >= 0.6 is 0 Å². The van der Waals surface area contributed by atoms with Crippen LogP contribution in [0, 0.1) is 17.8 Å². The van der Waals surface area contributed by atoms with Crippen molar-refractivity contribution in [2.24, 2.45) is 17.8 Å². The normalized spacial score (nSPS) is 24.2. The highest BCUT2D eigenvalue weighted by Gasteiger charge is 2.38. The van der Waals surface area contributed by atoms with Crippen LogP contribution in [0.3, 0.4) is 0 Å². The number of aromatic nitrogens is 2. The molecule has 2 heterocycles. The highest BCUT2D eigenvalue weighted by molar-refractivity contribution is 5.79. The van der Waals surface area contributed by atoms with Crippen molar-refractivity contribution < 1.29 is 9.53 Å². The summed E-state index contributed by atoms with van der Waals surface area (Å²) < 4.78 is 5.16. The van der Waals surface area contributed by atoms with Crippen molar-refractivity contribution in [3.05, 3.63) is 18.1 Å². The lowest BCUT2D eigenvalue weighted by Gasteiger charge is -2.28. The van der Waals surface area contributed by atoms with Crippen molar-refractivity contribution in [3.8, 4) is 0 Å². The number of ether oxygens (including phenoxy) is 1. The molecular formula is C18H28N4O2. The quantitative estimate of drug-likeness (QED) is 0.863. The molecular weight excluding hydrogens is 304 g/mol. The van der Waals surface area contributed by atoms with Crippen molar-refractivity contribution in [3.63, 3.8) is 0 Å². The molecule has 0 unspecified atom stereocenters. The molecule has 1 aromatic rings. The van der Waals surface area contributed by atoms with Crippen LogP contribution in [0.1, 0.15) is 38.8 Å². The molecule has 1 saturated heterocycles. The van der Waals surface area contributed by atoms with E-state index in [1.807, 2.05) is 6.07 Å². The molecule has 2 atom stereocenters. The average molecular weight is 332 g/mol. The maximum Gasteiger partial charge on any atom is 0.223 e. The third-order valence-electron chi connectivity index (χ3n) is 5.35. The van der Waals surface area contributed by atoms with Gasteiger partial charge in [0.15, 0.2) is 0 Å². The van der Waals surface area contributed by atoms with Gasteiger partial charge < -0.3 is 15.0 Å². The largest absolute Gasteiger partial charge is 0.378 e. The van der Waals surface area contributed by atoms with Crippen molar-refractivity contribution in [1.29, 1.82) is 0 Å². The van der Waals surface area contributed by atoms with E-state index < -0.39 is 0 Å². The Labute approximate surface area is 144 Å². The Bertz CT molecular complexity index is 574. The van der Waals surface area contributed by atoms with Gasteiger partial charge in [0.25, 0.3) is 0 Å². The number of rotatable bonds is 6. The van der Waals surface area contributed by atoms with Gasteiger partial charge in [0.1, 0.15) is 12.1 Å². The summed E-state index contributed by atoms with van der Waals surface area (Å²) in [7, 11) is 1.67. The minimum absolute atomic E-state index is 0.193. The molecule has 1 N–H and O–H groups in total. The first-order valence-corrected chi connectivity index (χ1v) is 8.93. The SMILES string of the molecule is COCc1cc(N2C[C@H](NC(=O)C3CCC3)[C@@H](C(C)C)C2)ncn1. The van der Waals surface area contributed by atoms with E-state index in [0.717, 1.165) is 37.4 Å². The van der Waals surface area contributed by atoms with E-state index in [9.17, 15) is 4.79 Å². The van der Waals surface area contributed by atoms with Gasteiger partial charge in [-0.05, 0) is 18.8 Å². The molecule has 2 aliphatic rings. The van der Waals surface area contributed by atoms with E-state index in [0.29, 0.717) is 18.4 Å². The fourth-order valence-electron chi connectivity index (χ4n) is 3.60. The zero-order valence-electron chi connectivity index (χ0n) is 14.9. The highest BCUT2D eigenvalue weighted by atomic mass is 16.5. The molecule has 24 heavy (non-hydrogen) atoms. The lowest BCUT2D eigenvalue weighted by molar-refractivity contribution is -0.128. The summed E-state index contributed by atoms with van der Waals surface area (Å²) >= 11 is 0. The Balaban J connectivity index is 1.69. The number of carbonyl (C=O) groups excluding carboxylic acids is 1. The van der Waals surface area contributed by atoms with Crippen LogP contribution in [-0.2, 0) is 16.1 Å². The summed E-state index contributed by atoms with van der Waals surface area (Å²) in [6.07, 6.45) is 4.86. The van der Waals surface area contributed by atoms with Crippen molar-refractivity contribution in [2.45, 2.75) is 45.8 Å². The summed E-state index contributed by atoms with van der Waals surface area (Å²) in [5.74, 6) is 2.35.